The lowest BCUT2D eigenvalue weighted by Crippen LogP contribution is -2.36. The fourth-order valence-corrected chi connectivity index (χ4v) is 5.68. The first-order valence-electron chi connectivity index (χ1n) is 14.1. The van der Waals surface area contributed by atoms with Crippen LogP contribution in [0.15, 0.2) is 104 Å². The second kappa shape index (κ2) is 12.5. The Morgan fingerprint density at radius 1 is 0.930 bits per heavy atom. The van der Waals surface area contributed by atoms with Crippen molar-refractivity contribution in [2.24, 2.45) is 10.9 Å². The van der Waals surface area contributed by atoms with Crippen molar-refractivity contribution < 1.29 is 23.5 Å². The fraction of sp³-hybridized carbons (Fsp3) is 0.257. The number of rotatable bonds is 8. The topological polar surface area (TPSA) is 98.4 Å². The Bertz CT molecular complexity index is 1790. The standard InChI is InChI=1S/C35H34N2O6/c1-21-31(38)27-18-12-17-26(33(27)43-32(21)24-13-8-6-9-14-24)30-28(34(39)41-5)22(2)36-23(3)29(30)35(40)42-20-19-37(4)25-15-10-7-11-16-25/h6-18,28,30H,19-20H2,1-5H3. The second-order valence-electron chi connectivity index (χ2n) is 10.6. The van der Waals surface area contributed by atoms with Gasteiger partial charge in [-0.2, -0.15) is 0 Å². The Kier molecular flexibility index (Phi) is 8.57. The molecule has 3 aromatic carbocycles. The van der Waals surface area contributed by atoms with Crippen LogP contribution in [-0.4, -0.2) is 45.0 Å². The summed E-state index contributed by atoms with van der Waals surface area (Å²) in [6.45, 7) is 5.75. The first-order valence-corrected chi connectivity index (χ1v) is 14.1. The molecule has 2 heterocycles. The first-order chi connectivity index (χ1) is 20.7. The zero-order chi connectivity index (χ0) is 30.7. The molecule has 0 bridgehead atoms. The third kappa shape index (κ3) is 5.73. The van der Waals surface area contributed by atoms with E-state index in [0.29, 0.717) is 45.8 Å². The van der Waals surface area contributed by atoms with Gasteiger partial charge in [-0.25, -0.2) is 4.79 Å². The molecule has 1 aromatic heterocycles. The minimum Gasteiger partial charge on any atom is -0.468 e. The quantitative estimate of drug-likeness (QED) is 0.234. The molecule has 2 unspecified atom stereocenters. The van der Waals surface area contributed by atoms with Crippen LogP contribution in [0.25, 0.3) is 22.3 Å². The van der Waals surface area contributed by atoms with E-state index in [1.807, 2.05) is 72.6 Å². The Labute approximate surface area is 250 Å². The van der Waals surface area contributed by atoms with Gasteiger partial charge in [0.1, 0.15) is 23.9 Å². The minimum absolute atomic E-state index is 0.112. The predicted octanol–water partition coefficient (Wildman–Crippen LogP) is 6.07. The summed E-state index contributed by atoms with van der Waals surface area (Å²) in [4.78, 5) is 47.2. The van der Waals surface area contributed by atoms with E-state index in [2.05, 4.69) is 4.99 Å². The summed E-state index contributed by atoms with van der Waals surface area (Å²) < 4.78 is 17.5. The molecule has 0 fully saturated rings. The number of carbonyl (C=O) groups is 2. The number of hydrogen-bond acceptors (Lipinski definition) is 8. The number of likely N-dealkylation sites (N-methyl/N-ethyl adjacent to an activating group) is 1. The minimum atomic E-state index is -0.930. The van der Waals surface area contributed by atoms with Crippen LogP contribution in [0.1, 0.15) is 30.9 Å². The van der Waals surface area contributed by atoms with E-state index in [4.69, 9.17) is 13.9 Å². The summed E-state index contributed by atoms with van der Waals surface area (Å²) in [5.74, 6) is -2.51. The van der Waals surface area contributed by atoms with Crippen molar-refractivity contribution in [1.82, 2.24) is 0 Å². The average molecular weight is 579 g/mol. The summed E-state index contributed by atoms with van der Waals surface area (Å²) in [5, 5.41) is 0.355. The Morgan fingerprint density at radius 2 is 1.60 bits per heavy atom. The molecule has 0 spiro atoms. The Morgan fingerprint density at radius 3 is 2.28 bits per heavy atom. The van der Waals surface area contributed by atoms with Crippen molar-refractivity contribution >= 4 is 34.3 Å². The molecule has 0 aliphatic carbocycles. The smallest absolute Gasteiger partial charge is 0.336 e. The lowest BCUT2D eigenvalue weighted by atomic mass is 9.75. The van der Waals surface area contributed by atoms with E-state index < -0.39 is 23.8 Å². The summed E-state index contributed by atoms with van der Waals surface area (Å²) in [5.41, 5.74) is 3.96. The summed E-state index contributed by atoms with van der Waals surface area (Å²) in [6, 6.07) is 24.3. The van der Waals surface area contributed by atoms with Crippen molar-refractivity contribution in [3.05, 3.63) is 111 Å². The molecule has 4 aromatic rings. The van der Waals surface area contributed by atoms with Crippen LogP contribution in [0.2, 0.25) is 0 Å². The molecular weight excluding hydrogens is 544 g/mol. The maximum absolute atomic E-state index is 13.8. The monoisotopic (exact) mass is 578 g/mol. The van der Waals surface area contributed by atoms with Crippen molar-refractivity contribution in [2.75, 3.05) is 32.2 Å². The highest BCUT2D eigenvalue weighted by Gasteiger charge is 2.43. The van der Waals surface area contributed by atoms with E-state index >= 15 is 0 Å². The predicted molar refractivity (Wildman–Crippen MR) is 167 cm³/mol. The van der Waals surface area contributed by atoms with E-state index in [9.17, 15) is 14.4 Å². The summed E-state index contributed by atoms with van der Waals surface area (Å²) >= 11 is 0. The molecule has 1 aliphatic heterocycles. The normalized spacial score (nSPS) is 16.5. The number of allylic oxidation sites excluding steroid dienone is 1. The maximum Gasteiger partial charge on any atom is 0.336 e. The van der Waals surface area contributed by atoms with Crippen molar-refractivity contribution in [2.45, 2.75) is 26.7 Å². The van der Waals surface area contributed by atoms with Gasteiger partial charge in [-0.3, -0.25) is 14.6 Å². The van der Waals surface area contributed by atoms with Gasteiger partial charge < -0.3 is 18.8 Å². The molecule has 0 amide bonds. The lowest BCUT2D eigenvalue weighted by Gasteiger charge is -2.31. The molecule has 0 saturated carbocycles. The number of carbonyl (C=O) groups excluding carboxylic acids is 2. The van der Waals surface area contributed by atoms with Gasteiger partial charge in [-0.05, 0) is 39.0 Å². The second-order valence-corrected chi connectivity index (χ2v) is 10.6. The van der Waals surface area contributed by atoms with Gasteiger partial charge in [0, 0.05) is 46.8 Å². The van der Waals surface area contributed by atoms with Gasteiger partial charge in [-0.1, -0.05) is 60.7 Å². The number of methoxy groups -OCH3 is 1. The maximum atomic E-state index is 13.8. The Hall–Kier alpha value is -4.98. The summed E-state index contributed by atoms with van der Waals surface area (Å²) in [6.07, 6.45) is 0. The van der Waals surface area contributed by atoms with E-state index in [1.54, 1.807) is 39.0 Å². The molecule has 8 heteroatoms. The van der Waals surface area contributed by atoms with Gasteiger partial charge in [0.15, 0.2) is 5.43 Å². The number of para-hydroxylation sites is 2. The molecule has 0 saturated heterocycles. The van der Waals surface area contributed by atoms with Crippen LogP contribution in [0.5, 0.6) is 0 Å². The first kappa shape index (κ1) is 29.5. The van der Waals surface area contributed by atoms with Gasteiger partial charge in [0.05, 0.1) is 24.6 Å². The number of ether oxygens (including phenoxy) is 2. The molecule has 5 rings (SSSR count). The van der Waals surface area contributed by atoms with Crippen LogP contribution < -0.4 is 10.3 Å². The number of aliphatic imine (C=N–C) groups is 1. The van der Waals surface area contributed by atoms with E-state index in [0.717, 1.165) is 11.3 Å². The number of nitrogens with zero attached hydrogens (tertiary/aromatic N) is 2. The Balaban J connectivity index is 1.60. The highest BCUT2D eigenvalue weighted by atomic mass is 16.5. The highest BCUT2D eigenvalue weighted by Crippen LogP contribution is 2.43. The largest absolute Gasteiger partial charge is 0.468 e. The highest BCUT2D eigenvalue weighted by molar-refractivity contribution is 6.07. The van der Waals surface area contributed by atoms with Crippen LogP contribution in [0, 0.1) is 12.8 Å². The average Bonchev–Trinajstić information content (AvgIpc) is 3.02. The molecule has 0 N–H and O–H groups in total. The fourth-order valence-electron chi connectivity index (χ4n) is 5.68. The summed E-state index contributed by atoms with van der Waals surface area (Å²) in [7, 11) is 3.22. The van der Waals surface area contributed by atoms with E-state index in [1.165, 1.54) is 7.11 Å². The number of anilines is 1. The molecule has 43 heavy (non-hydrogen) atoms. The SMILES string of the molecule is COC(=O)C1C(C)=NC(C)=C(C(=O)OCCN(C)c2ccccc2)C1c1cccc2c(=O)c(C)c(-c3ccccc3)oc12. The van der Waals surface area contributed by atoms with Gasteiger partial charge in [-0.15, -0.1) is 0 Å². The van der Waals surface area contributed by atoms with Crippen molar-refractivity contribution in [3.63, 3.8) is 0 Å². The van der Waals surface area contributed by atoms with Crippen molar-refractivity contribution in [3.8, 4) is 11.3 Å². The third-order valence-electron chi connectivity index (χ3n) is 7.91. The van der Waals surface area contributed by atoms with Crippen LogP contribution >= 0.6 is 0 Å². The number of fused-ring (bicyclic) bond motifs is 1. The third-order valence-corrected chi connectivity index (χ3v) is 7.91. The van der Waals surface area contributed by atoms with Gasteiger partial charge >= 0.3 is 11.9 Å². The van der Waals surface area contributed by atoms with Crippen LogP contribution in [0.4, 0.5) is 5.69 Å². The van der Waals surface area contributed by atoms with Gasteiger partial charge in [0.2, 0.25) is 0 Å². The number of esters is 2. The number of hydrogen-bond donors (Lipinski definition) is 0. The van der Waals surface area contributed by atoms with E-state index in [-0.39, 0.29) is 17.6 Å². The lowest BCUT2D eigenvalue weighted by molar-refractivity contribution is -0.144. The molecule has 2 atom stereocenters. The molecular formula is C35H34N2O6. The zero-order valence-electron chi connectivity index (χ0n) is 24.9. The van der Waals surface area contributed by atoms with Crippen LogP contribution in [0.3, 0.4) is 0 Å². The molecule has 220 valence electrons. The molecule has 1 aliphatic rings. The number of benzene rings is 3. The van der Waals surface area contributed by atoms with Crippen molar-refractivity contribution in [1.29, 1.82) is 0 Å². The molecule has 8 nitrogen and oxygen atoms in total. The zero-order valence-corrected chi connectivity index (χ0v) is 24.9. The van der Waals surface area contributed by atoms with Gasteiger partial charge in [0.25, 0.3) is 0 Å². The van der Waals surface area contributed by atoms with Crippen LogP contribution in [-0.2, 0) is 19.1 Å². The molecule has 0 radical (unpaired) electrons.